The Hall–Kier alpha value is -1.42. The fourth-order valence-electron chi connectivity index (χ4n) is 3.15. The van der Waals surface area contributed by atoms with E-state index in [1.807, 2.05) is 13.0 Å². The molecule has 2 rings (SSSR count). The molecule has 1 unspecified atom stereocenters. The second kappa shape index (κ2) is 7.03. The van der Waals surface area contributed by atoms with Gasteiger partial charge >= 0.3 is 0 Å². The number of nitrogens with one attached hydrogen (secondary N) is 1. The summed E-state index contributed by atoms with van der Waals surface area (Å²) in [5.74, 6) is -0.406. The molecule has 0 spiro atoms. The number of nitrogens with two attached hydrogens (primary N) is 1. The Kier molecular flexibility index (Phi) is 5.34. The lowest BCUT2D eigenvalue weighted by Crippen LogP contribution is -2.44. The molecule has 1 aliphatic carbocycles. The summed E-state index contributed by atoms with van der Waals surface area (Å²) < 4.78 is 13.6. The highest BCUT2D eigenvalue weighted by atomic mass is 19.1. The van der Waals surface area contributed by atoms with Crippen LogP contribution in [0.15, 0.2) is 24.3 Å². The van der Waals surface area contributed by atoms with Crippen molar-refractivity contribution >= 4 is 5.91 Å². The lowest BCUT2D eigenvalue weighted by Gasteiger charge is -2.38. The Labute approximate surface area is 126 Å². The highest BCUT2D eigenvalue weighted by Gasteiger charge is 2.34. The van der Waals surface area contributed by atoms with Crippen LogP contribution in [0.25, 0.3) is 0 Å². The topological polar surface area (TPSA) is 55.1 Å². The molecule has 1 amide bonds. The van der Waals surface area contributed by atoms with Gasteiger partial charge in [-0.1, -0.05) is 38.3 Å². The molecule has 1 fully saturated rings. The van der Waals surface area contributed by atoms with Crippen LogP contribution in [0, 0.1) is 11.7 Å². The molecule has 21 heavy (non-hydrogen) atoms. The fourth-order valence-corrected chi connectivity index (χ4v) is 3.15. The number of carbonyl (C=O) groups excluding carboxylic acids is 1. The highest BCUT2D eigenvalue weighted by Crippen LogP contribution is 2.39. The molecular weight excluding hydrogens is 267 g/mol. The van der Waals surface area contributed by atoms with E-state index in [0.717, 1.165) is 31.2 Å². The summed E-state index contributed by atoms with van der Waals surface area (Å²) in [7, 11) is 0. The predicted octanol–water partition coefficient (Wildman–Crippen LogP) is 2.74. The Morgan fingerprint density at radius 2 is 2.10 bits per heavy atom. The largest absolute Gasteiger partial charge is 0.355 e. The number of carbonyl (C=O) groups is 1. The summed E-state index contributed by atoms with van der Waals surface area (Å²) >= 11 is 0. The lowest BCUT2D eigenvalue weighted by molar-refractivity contribution is -0.124. The third-order valence-corrected chi connectivity index (χ3v) is 4.65. The third kappa shape index (κ3) is 3.82. The number of hydrogen-bond acceptors (Lipinski definition) is 2. The molecule has 3 nitrogen and oxygen atoms in total. The molecule has 1 aromatic carbocycles. The molecule has 1 saturated carbocycles. The van der Waals surface area contributed by atoms with Crippen molar-refractivity contribution in [1.82, 2.24) is 5.32 Å². The molecule has 0 saturated heterocycles. The maximum absolute atomic E-state index is 13.6. The van der Waals surface area contributed by atoms with Crippen LogP contribution < -0.4 is 11.1 Å². The van der Waals surface area contributed by atoms with E-state index in [9.17, 15) is 9.18 Å². The zero-order chi connectivity index (χ0) is 15.3. The first-order valence-electron chi connectivity index (χ1n) is 7.81. The van der Waals surface area contributed by atoms with Crippen molar-refractivity contribution in [2.24, 2.45) is 11.7 Å². The van der Waals surface area contributed by atoms with Crippen molar-refractivity contribution in [1.29, 1.82) is 0 Å². The van der Waals surface area contributed by atoms with Gasteiger partial charge in [-0.15, -0.1) is 0 Å². The van der Waals surface area contributed by atoms with Gasteiger partial charge in [0.25, 0.3) is 0 Å². The van der Waals surface area contributed by atoms with Gasteiger partial charge < -0.3 is 11.1 Å². The number of amides is 1. The van der Waals surface area contributed by atoms with Crippen LogP contribution in [0.3, 0.4) is 0 Å². The average molecular weight is 292 g/mol. The summed E-state index contributed by atoms with van der Waals surface area (Å²) in [4.78, 5) is 12.0. The minimum absolute atomic E-state index is 0.0150. The Bertz CT molecular complexity index is 483. The summed E-state index contributed by atoms with van der Waals surface area (Å²) in [6, 6.07) is 6.82. The van der Waals surface area contributed by atoms with Crippen molar-refractivity contribution in [3.05, 3.63) is 35.6 Å². The van der Waals surface area contributed by atoms with Crippen molar-refractivity contribution in [2.75, 3.05) is 13.1 Å². The SMILES string of the molecule is CC(CN)C(=O)NCC1(c2cccc(F)c2)CCCCC1. The van der Waals surface area contributed by atoms with E-state index in [-0.39, 0.29) is 23.1 Å². The number of benzene rings is 1. The summed E-state index contributed by atoms with van der Waals surface area (Å²) in [6.07, 6.45) is 5.45. The van der Waals surface area contributed by atoms with Gasteiger partial charge in [0.05, 0.1) is 0 Å². The molecule has 4 heteroatoms. The van der Waals surface area contributed by atoms with Crippen LogP contribution in [0.2, 0.25) is 0 Å². The van der Waals surface area contributed by atoms with E-state index < -0.39 is 0 Å². The van der Waals surface area contributed by atoms with E-state index in [1.54, 1.807) is 12.1 Å². The molecule has 1 atom stereocenters. The molecular formula is C17H25FN2O. The van der Waals surface area contributed by atoms with Crippen LogP contribution in [0.4, 0.5) is 4.39 Å². The van der Waals surface area contributed by atoms with Gasteiger partial charge in [0, 0.05) is 24.4 Å². The zero-order valence-corrected chi connectivity index (χ0v) is 12.7. The summed E-state index contributed by atoms with van der Waals surface area (Å²) in [6.45, 7) is 2.74. The Balaban J connectivity index is 2.16. The standard InChI is InChI=1S/C17H25FN2O/c1-13(11-19)16(21)20-12-17(8-3-2-4-9-17)14-6-5-7-15(18)10-14/h5-7,10,13H,2-4,8-9,11-12,19H2,1H3,(H,20,21). The first-order chi connectivity index (χ1) is 10.1. The minimum Gasteiger partial charge on any atom is -0.355 e. The van der Waals surface area contributed by atoms with Crippen LogP contribution >= 0.6 is 0 Å². The van der Waals surface area contributed by atoms with Gasteiger partial charge in [-0.05, 0) is 30.5 Å². The monoisotopic (exact) mass is 292 g/mol. The summed E-state index contributed by atoms with van der Waals surface area (Å²) in [5, 5.41) is 3.02. The van der Waals surface area contributed by atoms with E-state index in [2.05, 4.69) is 5.32 Å². The second-order valence-corrected chi connectivity index (χ2v) is 6.21. The molecule has 1 aromatic rings. The van der Waals surface area contributed by atoms with Crippen molar-refractivity contribution in [2.45, 2.75) is 44.4 Å². The van der Waals surface area contributed by atoms with E-state index in [0.29, 0.717) is 13.1 Å². The number of rotatable bonds is 5. The molecule has 0 aliphatic heterocycles. The molecule has 0 radical (unpaired) electrons. The zero-order valence-electron chi connectivity index (χ0n) is 12.7. The number of hydrogen-bond donors (Lipinski definition) is 2. The fraction of sp³-hybridized carbons (Fsp3) is 0.588. The molecule has 0 heterocycles. The van der Waals surface area contributed by atoms with Crippen LogP contribution in [0.5, 0.6) is 0 Å². The second-order valence-electron chi connectivity index (χ2n) is 6.21. The quantitative estimate of drug-likeness (QED) is 0.876. The smallest absolute Gasteiger partial charge is 0.224 e. The maximum Gasteiger partial charge on any atom is 0.224 e. The lowest BCUT2D eigenvalue weighted by atomic mass is 9.69. The Morgan fingerprint density at radius 1 is 1.38 bits per heavy atom. The van der Waals surface area contributed by atoms with Crippen molar-refractivity contribution < 1.29 is 9.18 Å². The van der Waals surface area contributed by atoms with Crippen molar-refractivity contribution in [3.8, 4) is 0 Å². The molecule has 116 valence electrons. The number of halogens is 1. The summed E-state index contributed by atoms with van der Waals surface area (Å²) in [5.41, 5.74) is 6.40. The van der Waals surface area contributed by atoms with Crippen LogP contribution in [-0.2, 0) is 10.2 Å². The third-order valence-electron chi connectivity index (χ3n) is 4.65. The highest BCUT2D eigenvalue weighted by molar-refractivity contribution is 5.78. The molecule has 0 bridgehead atoms. The minimum atomic E-state index is -0.209. The van der Waals surface area contributed by atoms with Crippen LogP contribution in [-0.4, -0.2) is 19.0 Å². The average Bonchev–Trinajstić information content (AvgIpc) is 2.52. The predicted molar refractivity (Wildman–Crippen MR) is 82.4 cm³/mol. The van der Waals surface area contributed by atoms with Crippen LogP contribution in [0.1, 0.15) is 44.6 Å². The normalized spacial score (nSPS) is 19.0. The van der Waals surface area contributed by atoms with Gasteiger partial charge in [-0.25, -0.2) is 4.39 Å². The molecule has 1 aliphatic rings. The molecule has 0 aromatic heterocycles. The first-order valence-corrected chi connectivity index (χ1v) is 7.81. The van der Waals surface area contributed by atoms with Gasteiger partial charge in [-0.2, -0.15) is 0 Å². The van der Waals surface area contributed by atoms with Gasteiger partial charge in [-0.3, -0.25) is 4.79 Å². The van der Waals surface area contributed by atoms with Gasteiger partial charge in [0.1, 0.15) is 5.82 Å². The van der Waals surface area contributed by atoms with Crippen molar-refractivity contribution in [3.63, 3.8) is 0 Å². The first kappa shape index (κ1) is 16.0. The van der Waals surface area contributed by atoms with Gasteiger partial charge in [0.15, 0.2) is 0 Å². The van der Waals surface area contributed by atoms with E-state index in [1.165, 1.54) is 12.5 Å². The Morgan fingerprint density at radius 3 is 2.71 bits per heavy atom. The van der Waals surface area contributed by atoms with Gasteiger partial charge in [0.2, 0.25) is 5.91 Å². The maximum atomic E-state index is 13.6. The molecule has 3 N–H and O–H groups in total. The van der Waals surface area contributed by atoms with E-state index >= 15 is 0 Å². The van der Waals surface area contributed by atoms with E-state index in [4.69, 9.17) is 5.73 Å².